The third-order valence-electron chi connectivity index (χ3n) is 3.87. The Morgan fingerprint density at radius 2 is 2.12 bits per heavy atom. The van der Waals surface area contributed by atoms with Crippen molar-refractivity contribution in [1.82, 2.24) is 5.32 Å². The maximum absolute atomic E-state index is 5.23. The Morgan fingerprint density at radius 1 is 1.35 bits per heavy atom. The minimum Gasteiger partial charge on any atom is -0.497 e. The maximum atomic E-state index is 5.23. The van der Waals surface area contributed by atoms with E-state index in [2.05, 4.69) is 30.4 Å². The van der Waals surface area contributed by atoms with Crippen LogP contribution in [-0.4, -0.2) is 13.2 Å². The van der Waals surface area contributed by atoms with E-state index in [1.807, 2.05) is 6.07 Å². The van der Waals surface area contributed by atoms with Gasteiger partial charge in [-0.25, -0.2) is 0 Å². The van der Waals surface area contributed by atoms with Crippen molar-refractivity contribution in [1.29, 1.82) is 0 Å². The van der Waals surface area contributed by atoms with E-state index in [0.717, 1.165) is 18.2 Å². The molecule has 0 unspecified atom stereocenters. The molecule has 0 saturated heterocycles. The number of ether oxygens (including phenoxy) is 1. The molecule has 1 aliphatic carbocycles. The van der Waals surface area contributed by atoms with Gasteiger partial charge in [-0.2, -0.15) is 0 Å². The molecule has 1 atom stereocenters. The third kappa shape index (κ3) is 3.47. The van der Waals surface area contributed by atoms with Crippen molar-refractivity contribution in [3.8, 4) is 5.75 Å². The number of methoxy groups -OCH3 is 1. The van der Waals surface area contributed by atoms with Crippen molar-refractivity contribution in [2.24, 2.45) is 5.92 Å². The highest BCUT2D eigenvalue weighted by Crippen LogP contribution is 2.27. The molecule has 1 aliphatic rings. The Kier molecular flexibility index (Phi) is 4.43. The molecule has 1 fully saturated rings. The SMILES string of the molecule is COc1cccc(CN[C@@H](C)C2CCCC2)c1. The maximum Gasteiger partial charge on any atom is 0.119 e. The smallest absolute Gasteiger partial charge is 0.119 e. The predicted octanol–water partition coefficient (Wildman–Crippen LogP) is 3.36. The van der Waals surface area contributed by atoms with Crippen LogP contribution in [0.15, 0.2) is 24.3 Å². The van der Waals surface area contributed by atoms with Crippen LogP contribution in [0.4, 0.5) is 0 Å². The molecule has 94 valence electrons. The Bertz CT molecular complexity index is 345. The summed E-state index contributed by atoms with van der Waals surface area (Å²) < 4.78 is 5.23. The van der Waals surface area contributed by atoms with Gasteiger partial charge in [0.15, 0.2) is 0 Å². The van der Waals surface area contributed by atoms with Crippen LogP contribution in [0.1, 0.15) is 38.2 Å². The Balaban J connectivity index is 1.83. The normalized spacial score (nSPS) is 18.2. The van der Waals surface area contributed by atoms with E-state index in [0.29, 0.717) is 6.04 Å². The first-order valence-corrected chi connectivity index (χ1v) is 6.66. The van der Waals surface area contributed by atoms with Crippen LogP contribution >= 0.6 is 0 Å². The van der Waals surface area contributed by atoms with Gasteiger partial charge in [-0.05, 0) is 43.4 Å². The number of benzene rings is 1. The molecule has 0 aliphatic heterocycles. The molecule has 2 rings (SSSR count). The van der Waals surface area contributed by atoms with Crippen LogP contribution in [0.5, 0.6) is 5.75 Å². The van der Waals surface area contributed by atoms with Gasteiger partial charge in [0.2, 0.25) is 0 Å². The average Bonchev–Trinajstić information content (AvgIpc) is 2.90. The van der Waals surface area contributed by atoms with Crippen molar-refractivity contribution < 1.29 is 4.74 Å². The number of rotatable bonds is 5. The lowest BCUT2D eigenvalue weighted by molar-refractivity contribution is 0.379. The van der Waals surface area contributed by atoms with E-state index in [-0.39, 0.29) is 0 Å². The first-order chi connectivity index (χ1) is 8.29. The van der Waals surface area contributed by atoms with Crippen LogP contribution in [0.25, 0.3) is 0 Å². The van der Waals surface area contributed by atoms with Gasteiger partial charge in [-0.15, -0.1) is 0 Å². The summed E-state index contributed by atoms with van der Waals surface area (Å²) in [6, 6.07) is 8.93. The van der Waals surface area contributed by atoms with Gasteiger partial charge in [0.25, 0.3) is 0 Å². The molecular formula is C15H23NO. The van der Waals surface area contributed by atoms with Crippen LogP contribution in [0.3, 0.4) is 0 Å². The van der Waals surface area contributed by atoms with E-state index >= 15 is 0 Å². The summed E-state index contributed by atoms with van der Waals surface area (Å²) in [6.45, 7) is 3.25. The predicted molar refractivity (Wildman–Crippen MR) is 71.3 cm³/mol. The lowest BCUT2D eigenvalue weighted by Crippen LogP contribution is -2.31. The van der Waals surface area contributed by atoms with Gasteiger partial charge < -0.3 is 10.1 Å². The summed E-state index contributed by atoms with van der Waals surface area (Å²) in [6.07, 6.45) is 5.62. The summed E-state index contributed by atoms with van der Waals surface area (Å²) in [5.74, 6) is 1.82. The van der Waals surface area contributed by atoms with Crippen LogP contribution < -0.4 is 10.1 Å². The second kappa shape index (κ2) is 6.06. The molecule has 0 heterocycles. The summed E-state index contributed by atoms with van der Waals surface area (Å²) in [5.41, 5.74) is 1.30. The zero-order chi connectivity index (χ0) is 12.1. The molecule has 1 saturated carbocycles. The topological polar surface area (TPSA) is 21.3 Å². The molecule has 0 radical (unpaired) electrons. The Labute approximate surface area is 104 Å². The van der Waals surface area contributed by atoms with Gasteiger partial charge >= 0.3 is 0 Å². The molecule has 1 aromatic carbocycles. The average molecular weight is 233 g/mol. The van der Waals surface area contributed by atoms with Crippen molar-refractivity contribution in [3.63, 3.8) is 0 Å². The summed E-state index contributed by atoms with van der Waals surface area (Å²) >= 11 is 0. The molecular weight excluding hydrogens is 210 g/mol. The molecule has 17 heavy (non-hydrogen) atoms. The van der Waals surface area contributed by atoms with E-state index in [9.17, 15) is 0 Å². The van der Waals surface area contributed by atoms with Gasteiger partial charge in [0.05, 0.1) is 7.11 Å². The zero-order valence-corrected chi connectivity index (χ0v) is 10.9. The largest absolute Gasteiger partial charge is 0.497 e. The fourth-order valence-corrected chi connectivity index (χ4v) is 2.69. The molecule has 0 amide bonds. The molecule has 2 heteroatoms. The van der Waals surface area contributed by atoms with E-state index < -0.39 is 0 Å². The summed E-state index contributed by atoms with van der Waals surface area (Å²) in [7, 11) is 1.72. The minimum absolute atomic E-state index is 0.628. The van der Waals surface area contributed by atoms with Crippen molar-refractivity contribution in [3.05, 3.63) is 29.8 Å². The lowest BCUT2D eigenvalue weighted by Gasteiger charge is -2.20. The second-order valence-corrected chi connectivity index (χ2v) is 5.07. The monoisotopic (exact) mass is 233 g/mol. The van der Waals surface area contributed by atoms with E-state index in [1.165, 1.54) is 31.2 Å². The molecule has 0 bridgehead atoms. The molecule has 1 N–H and O–H groups in total. The molecule has 1 aromatic rings. The van der Waals surface area contributed by atoms with Gasteiger partial charge in [0, 0.05) is 12.6 Å². The quantitative estimate of drug-likeness (QED) is 0.842. The first kappa shape index (κ1) is 12.4. The van der Waals surface area contributed by atoms with Crippen LogP contribution in [-0.2, 0) is 6.54 Å². The van der Waals surface area contributed by atoms with E-state index in [4.69, 9.17) is 4.74 Å². The number of hydrogen-bond donors (Lipinski definition) is 1. The van der Waals surface area contributed by atoms with Crippen LogP contribution in [0, 0.1) is 5.92 Å². The second-order valence-electron chi connectivity index (χ2n) is 5.07. The zero-order valence-electron chi connectivity index (χ0n) is 10.9. The van der Waals surface area contributed by atoms with Crippen molar-refractivity contribution in [2.45, 2.75) is 45.2 Å². The lowest BCUT2D eigenvalue weighted by atomic mass is 9.99. The number of hydrogen-bond acceptors (Lipinski definition) is 2. The highest BCUT2D eigenvalue weighted by atomic mass is 16.5. The van der Waals surface area contributed by atoms with Gasteiger partial charge in [-0.1, -0.05) is 25.0 Å². The highest BCUT2D eigenvalue weighted by molar-refractivity contribution is 5.28. The highest BCUT2D eigenvalue weighted by Gasteiger charge is 2.20. The first-order valence-electron chi connectivity index (χ1n) is 6.66. The molecule has 0 spiro atoms. The molecule has 2 nitrogen and oxygen atoms in total. The summed E-state index contributed by atoms with van der Waals surface area (Å²) in [5, 5.41) is 3.64. The van der Waals surface area contributed by atoms with Gasteiger partial charge in [0.1, 0.15) is 5.75 Å². The number of nitrogens with one attached hydrogen (secondary N) is 1. The standard InChI is InChI=1S/C15H23NO/c1-12(14-7-3-4-8-14)16-11-13-6-5-9-15(10-13)17-2/h5-6,9-10,12,14,16H,3-4,7-8,11H2,1-2H3/t12-/m0/s1. The van der Waals surface area contributed by atoms with Gasteiger partial charge in [-0.3, -0.25) is 0 Å². The van der Waals surface area contributed by atoms with E-state index in [1.54, 1.807) is 7.11 Å². The molecule has 0 aromatic heterocycles. The Morgan fingerprint density at radius 3 is 2.82 bits per heavy atom. The summed E-state index contributed by atoms with van der Waals surface area (Å²) in [4.78, 5) is 0. The third-order valence-corrected chi connectivity index (χ3v) is 3.87. The van der Waals surface area contributed by atoms with Crippen molar-refractivity contribution >= 4 is 0 Å². The Hall–Kier alpha value is -1.02. The fourth-order valence-electron chi connectivity index (χ4n) is 2.69. The van der Waals surface area contributed by atoms with Crippen LogP contribution in [0.2, 0.25) is 0 Å². The fraction of sp³-hybridized carbons (Fsp3) is 0.600. The minimum atomic E-state index is 0.628. The van der Waals surface area contributed by atoms with Crippen molar-refractivity contribution in [2.75, 3.05) is 7.11 Å².